The molecule has 1 atom stereocenters. The molecule has 162 valence electrons. The summed E-state index contributed by atoms with van der Waals surface area (Å²) < 4.78 is 0. The molecule has 0 saturated carbocycles. The topological polar surface area (TPSA) is 69.2 Å². The van der Waals surface area contributed by atoms with Crippen molar-refractivity contribution in [2.75, 3.05) is 13.1 Å². The zero-order valence-corrected chi connectivity index (χ0v) is 19.5. The second-order valence-corrected chi connectivity index (χ2v) is 9.53. The van der Waals surface area contributed by atoms with Crippen molar-refractivity contribution in [2.24, 2.45) is 5.92 Å². The minimum atomic E-state index is -0.359. The Morgan fingerprint density at radius 1 is 1.20 bits per heavy atom. The Labute approximate surface area is 182 Å². The molecule has 2 heterocycles. The van der Waals surface area contributed by atoms with Crippen molar-refractivity contribution < 1.29 is 5.11 Å². The molecule has 2 aromatic heterocycles. The summed E-state index contributed by atoms with van der Waals surface area (Å²) in [5.41, 5.74) is 4.35. The lowest BCUT2D eigenvalue weighted by Crippen LogP contribution is -2.35. The predicted octanol–water partition coefficient (Wildman–Crippen LogP) is 4.89. The molecule has 6 heteroatoms. The molecule has 0 aliphatic carbocycles. The maximum atomic E-state index is 13.0. The fourth-order valence-corrected chi connectivity index (χ4v) is 4.81. The summed E-state index contributed by atoms with van der Waals surface area (Å²) in [6, 6.07) is 6.29. The number of rotatable bonds is 9. The standard InChI is InChI=1S/C24H33N3O2S/c1-6-7-19(28)12-27(11-15(2)3)13-21-25-23(29)22-20(14-30-24(22)26-21)18-9-8-16(4)17(5)10-18/h8-10,14-15,19,28H,6-7,11-13H2,1-5H3,(H,25,26,29)/t19-/m1/s1. The number of aryl methyl sites for hydroxylation is 2. The van der Waals surface area contributed by atoms with Gasteiger partial charge >= 0.3 is 0 Å². The zero-order valence-electron chi connectivity index (χ0n) is 18.7. The third-order valence-electron chi connectivity index (χ3n) is 5.40. The van der Waals surface area contributed by atoms with Gasteiger partial charge in [-0.2, -0.15) is 0 Å². The quantitative estimate of drug-likeness (QED) is 0.510. The third kappa shape index (κ3) is 5.36. The largest absolute Gasteiger partial charge is 0.392 e. The first-order valence-corrected chi connectivity index (χ1v) is 11.6. The van der Waals surface area contributed by atoms with E-state index in [0.717, 1.165) is 35.3 Å². The fraction of sp³-hybridized carbons (Fsp3) is 0.500. The summed E-state index contributed by atoms with van der Waals surface area (Å²) in [4.78, 5) is 23.7. The smallest absolute Gasteiger partial charge is 0.260 e. The lowest BCUT2D eigenvalue weighted by Gasteiger charge is -2.26. The number of thiophene rings is 1. The Hall–Kier alpha value is -2.02. The molecule has 0 aliphatic heterocycles. The average molecular weight is 428 g/mol. The summed E-state index contributed by atoms with van der Waals surface area (Å²) in [7, 11) is 0. The van der Waals surface area contributed by atoms with Crippen LogP contribution in [0.2, 0.25) is 0 Å². The molecule has 3 aromatic rings. The summed E-state index contributed by atoms with van der Waals surface area (Å²) in [6.07, 6.45) is 1.37. The van der Waals surface area contributed by atoms with Crippen LogP contribution in [0.5, 0.6) is 0 Å². The van der Waals surface area contributed by atoms with Crippen LogP contribution >= 0.6 is 11.3 Å². The van der Waals surface area contributed by atoms with Crippen molar-refractivity contribution in [2.45, 2.75) is 60.1 Å². The highest BCUT2D eigenvalue weighted by molar-refractivity contribution is 7.17. The number of nitrogens with one attached hydrogen (secondary N) is 1. The Morgan fingerprint density at radius 3 is 2.63 bits per heavy atom. The van der Waals surface area contributed by atoms with Gasteiger partial charge in [0.05, 0.1) is 18.0 Å². The molecule has 0 bridgehead atoms. The monoisotopic (exact) mass is 427 g/mol. The van der Waals surface area contributed by atoms with E-state index in [-0.39, 0.29) is 11.7 Å². The molecule has 0 fully saturated rings. The van der Waals surface area contributed by atoms with E-state index in [1.165, 1.54) is 22.5 Å². The second kappa shape index (κ2) is 9.86. The first kappa shape index (κ1) is 22.7. The SMILES string of the molecule is CCC[C@@H](O)CN(Cc1nc2scc(-c3ccc(C)c(C)c3)c2c(=O)[nH]1)CC(C)C. The number of H-pyrrole nitrogens is 1. The highest BCUT2D eigenvalue weighted by Crippen LogP contribution is 2.31. The van der Waals surface area contributed by atoms with Gasteiger partial charge in [0, 0.05) is 24.0 Å². The molecule has 0 radical (unpaired) electrons. The number of aromatic nitrogens is 2. The number of nitrogens with zero attached hydrogens (tertiary/aromatic N) is 2. The van der Waals surface area contributed by atoms with Gasteiger partial charge in [0.15, 0.2) is 0 Å². The van der Waals surface area contributed by atoms with E-state index in [1.54, 1.807) is 0 Å². The summed E-state index contributed by atoms with van der Waals surface area (Å²) in [5, 5.41) is 13.0. The molecule has 3 rings (SSSR count). The van der Waals surface area contributed by atoms with Crippen molar-refractivity contribution in [3.63, 3.8) is 0 Å². The summed E-state index contributed by atoms with van der Waals surface area (Å²) in [5.74, 6) is 1.12. The van der Waals surface area contributed by atoms with Gasteiger partial charge in [-0.15, -0.1) is 11.3 Å². The number of hydrogen-bond donors (Lipinski definition) is 2. The van der Waals surface area contributed by atoms with E-state index in [0.29, 0.717) is 30.2 Å². The highest BCUT2D eigenvalue weighted by atomic mass is 32.1. The van der Waals surface area contributed by atoms with Gasteiger partial charge in [-0.05, 0) is 42.9 Å². The van der Waals surface area contributed by atoms with Crippen LogP contribution in [-0.2, 0) is 6.54 Å². The first-order valence-electron chi connectivity index (χ1n) is 10.8. The number of benzene rings is 1. The second-order valence-electron chi connectivity index (χ2n) is 8.67. The van der Waals surface area contributed by atoms with Crippen LogP contribution in [0.3, 0.4) is 0 Å². The maximum Gasteiger partial charge on any atom is 0.260 e. The van der Waals surface area contributed by atoms with Crippen molar-refractivity contribution >= 4 is 21.6 Å². The van der Waals surface area contributed by atoms with Crippen LogP contribution in [-0.4, -0.2) is 39.2 Å². The molecular weight excluding hydrogens is 394 g/mol. The van der Waals surface area contributed by atoms with E-state index in [1.807, 2.05) is 5.38 Å². The lowest BCUT2D eigenvalue weighted by molar-refractivity contribution is 0.0930. The third-order valence-corrected chi connectivity index (χ3v) is 6.27. The molecule has 0 spiro atoms. The number of aliphatic hydroxyl groups is 1. The normalized spacial score (nSPS) is 12.9. The van der Waals surface area contributed by atoms with E-state index < -0.39 is 0 Å². The highest BCUT2D eigenvalue weighted by Gasteiger charge is 2.17. The molecule has 0 unspecified atom stereocenters. The molecule has 0 aliphatic rings. The van der Waals surface area contributed by atoms with Gasteiger partial charge < -0.3 is 10.1 Å². The Kier molecular flexibility index (Phi) is 7.45. The Balaban J connectivity index is 1.90. The van der Waals surface area contributed by atoms with Crippen molar-refractivity contribution in [3.8, 4) is 11.1 Å². The van der Waals surface area contributed by atoms with Crippen LogP contribution in [0, 0.1) is 19.8 Å². The molecule has 2 N–H and O–H groups in total. The van der Waals surface area contributed by atoms with E-state index in [2.05, 4.69) is 62.7 Å². The van der Waals surface area contributed by atoms with Crippen LogP contribution in [0.4, 0.5) is 0 Å². The van der Waals surface area contributed by atoms with Crippen molar-refractivity contribution in [1.82, 2.24) is 14.9 Å². The van der Waals surface area contributed by atoms with Gasteiger partial charge in [-0.1, -0.05) is 45.4 Å². The number of fused-ring (bicyclic) bond motifs is 1. The van der Waals surface area contributed by atoms with Gasteiger partial charge in [0.25, 0.3) is 5.56 Å². The van der Waals surface area contributed by atoms with Gasteiger partial charge in [0.1, 0.15) is 10.7 Å². The minimum Gasteiger partial charge on any atom is -0.392 e. The molecule has 30 heavy (non-hydrogen) atoms. The van der Waals surface area contributed by atoms with Crippen LogP contribution in [0.1, 0.15) is 50.6 Å². The van der Waals surface area contributed by atoms with E-state index >= 15 is 0 Å². The van der Waals surface area contributed by atoms with Gasteiger partial charge in [-0.25, -0.2) is 4.98 Å². The zero-order chi connectivity index (χ0) is 21.8. The lowest BCUT2D eigenvalue weighted by atomic mass is 10.0. The Morgan fingerprint density at radius 2 is 1.97 bits per heavy atom. The molecule has 1 aromatic carbocycles. The van der Waals surface area contributed by atoms with Crippen molar-refractivity contribution in [1.29, 1.82) is 0 Å². The Bertz CT molecular complexity index is 1050. The predicted molar refractivity (Wildman–Crippen MR) is 126 cm³/mol. The van der Waals surface area contributed by atoms with Crippen molar-refractivity contribution in [3.05, 3.63) is 50.9 Å². The molecule has 5 nitrogen and oxygen atoms in total. The number of hydrogen-bond acceptors (Lipinski definition) is 5. The fourth-order valence-electron chi connectivity index (χ4n) is 3.84. The van der Waals surface area contributed by atoms with E-state index in [4.69, 9.17) is 4.98 Å². The van der Waals surface area contributed by atoms with Gasteiger partial charge in [0.2, 0.25) is 0 Å². The maximum absolute atomic E-state index is 13.0. The minimum absolute atomic E-state index is 0.0944. The van der Waals surface area contributed by atoms with Crippen LogP contribution < -0.4 is 5.56 Å². The molecular formula is C24H33N3O2S. The summed E-state index contributed by atoms with van der Waals surface area (Å²) >= 11 is 1.51. The number of aromatic amines is 1. The first-order chi connectivity index (χ1) is 14.3. The van der Waals surface area contributed by atoms with E-state index in [9.17, 15) is 9.90 Å². The number of aliphatic hydroxyl groups excluding tert-OH is 1. The summed E-state index contributed by atoms with van der Waals surface area (Å²) in [6.45, 7) is 12.5. The van der Waals surface area contributed by atoms with Gasteiger partial charge in [-0.3, -0.25) is 9.69 Å². The molecule has 0 saturated heterocycles. The van der Waals surface area contributed by atoms with Crippen LogP contribution in [0.15, 0.2) is 28.4 Å². The molecule has 0 amide bonds. The average Bonchev–Trinajstić information content (AvgIpc) is 3.08. The van der Waals surface area contributed by atoms with Crippen LogP contribution in [0.25, 0.3) is 21.3 Å².